The standard InChI is InChI=1S/C28H22N2O6/c31-25-15-9-21(17-27(25)33)3-1-19-5-11-23(12-6-19)29(35)30(36)24-13-7-20(8-14-24)2-4-22-10-16-26(32)28(34)18-22/h1-18,31-34H/b3-1?,4-2?,30-29+. The molecule has 4 aromatic carbocycles. The molecule has 4 rings (SSSR count). The highest BCUT2D eigenvalue weighted by Crippen LogP contribution is 2.27. The van der Waals surface area contributed by atoms with Gasteiger partial charge in [-0.05, 0) is 70.8 Å². The lowest BCUT2D eigenvalue weighted by Crippen LogP contribution is -2.08. The van der Waals surface area contributed by atoms with Gasteiger partial charge >= 0.3 is 0 Å². The number of azo groups is 1. The summed E-state index contributed by atoms with van der Waals surface area (Å²) in [6, 6.07) is 21.7. The average molecular weight is 482 g/mol. The van der Waals surface area contributed by atoms with E-state index in [-0.39, 0.29) is 44.1 Å². The van der Waals surface area contributed by atoms with Crippen LogP contribution in [-0.4, -0.2) is 30.1 Å². The number of hydrogen-bond donors (Lipinski definition) is 4. The summed E-state index contributed by atoms with van der Waals surface area (Å²) in [5.41, 5.74) is 3.22. The van der Waals surface area contributed by atoms with Gasteiger partial charge in [-0.15, -0.1) is 0 Å². The van der Waals surface area contributed by atoms with Crippen LogP contribution in [0.1, 0.15) is 22.3 Å². The first kappa shape index (κ1) is 23.9. The summed E-state index contributed by atoms with van der Waals surface area (Å²) in [7, 11) is 0. The molecule has 0 saturated heterocycles. The van der Waals surface area contributed by atoms with Gasteiger partial charge in [0.25, 0.3) is 11.4 Å². The van der Waals surface area contributed by atoms with Gasteiger partial charge in [0, 0.05) is 24.3 Å². The number of benzene rings is 4. The number of nitrogens with zero attached hydrogens (tertiary/aromatic N) is 2. The molecule has 0 atom stereocenters. The van der Waals surface area contributed by atoms with E-state index < -0.39 is 0 Å². The molecule has 0 aliphatic carbocycles. The lowest BCUT2D eigenvalue weighted by Gasteiger charge is -2.04. The molecule has 0 saturated carbocycles. The van der Waals surface area contributed by atoms with Crippen molar-refractivity contribution in [3.63, 3.8) is 0 Å². The second-order valence-electron chi connectivity index (χ2n) is 7.89. The second kappa shape index (κ2) is 10.4. The van der Waals surface area contributed by atoms with E-state index in [1.54, 1.807) is 60.7 Å². The van der Waals surface area contributed by atoms with Crippen LogP contribution >= 0.6 is 0 Å². The Morgan fingerprint density at radius 1 is 0.417 bits per heavy atom. The first-order chi connectivity index (χ1) is 17.3. The summed E-state index contributed by atoms with van der Waals surface area (Å²) in [5, 5.41) is 63.0. The Kier molecular flexibility index (Phi) is 6.87. The van der Waals surface area contributed by atoms with Gasteiger partial charge in [0.15, 0.2) is 23.0 Å². The molecule has 8 nitrogen and oxygen atoms in total. The molecule has 0 unspecified atom stereocenters. The quantitative estimate of drug-likeness (QED) is 0.0840. The largest absolute Gasteiger partial charge is 0.561 e. The maximum absolute atomic E-state index is 12.6. The van der Waals surface area contributed by atoms with Crippen molar-refractivity contribution < 1.29 is 30.1 Å². The van der Waals surface area contributed by atoms with E-state index in [9.17, 15) is 30.8 Å². The van der Waals surface area contributed by atoms with E-state index in [0.29, 0.717) is 11.1 Å². The fourth-order valence-corrected chi connectivity index (χ4v) is 3.31. The van der Waals surface area contributed by atoms with Crippen LogP contribution in [-0.2, 0) is 0 Å². The number of phenolic OH excluding ortho intramolecular Hbond substituents is 4. The predicted octanol–water partition coefficient (Wildman–Crippen LogP) is 6.29. The van der Waals surface area contributed by atoms with E-state index in [1.807, 2.05) is 0 Å². The summed E-state index contributed by atoms with van der Waals surface area (Å²) in [4.78, 5) is 0.491. The third kappa shape index (κ3) is 5.63. The molecule has 0 heterocycles. The molecule has 180 valence electrons. The Labute approximate surface area is 206 Å². The van der Waals surface area contributed by atoms with Gasteiger partial charge < -0.3 is 30.8 Å². The molecule has 0 spiro atoms. The Balaban J connectivity index is 1.46. The fourth-order valence-electron chi connectivity index (χ4n) is 3.31. The van der Waals surface area contributed by atoms with Crippen molar-refractivity contribution in [3.05, 3.63) is 118 Å². The Bertz CT molecular complexity index is 1360. The zero-order valence-corrected chi connectivity index (χ0v) is 18.9. The predicted molar refractivity (Wildman–Crippen MR) is 137 cm³/mol. The number of rotatable bonds is 6. The smallest absolute Gasteiger partial charge is 0.287 e. The van der Waals surface area contributed by atoms with Gasteiger partial charge in [-0.1, -0.05) is 36.4 Å². The van der Waals surface area contributed by atoms with Gasteiger partial charge in [0.1, 0.15) is 0 Å². The normalized spacial score (nSPS) is 12.2. The van der Waals surface area contributed by atoms with Crippen LogP contribution in [0.15, 0.2) is 84.9 Å². The molecule has 0 aliphatic rings. The maximum Gasteiger partial charge on any atom is 0.287 e. The molecule has 0 amide bonds. The SMILES string of the molecule is [O-]/[N+](c1ccc(C=Cc2ccc(O)c(O)c2)cc1)=[N+](/[O-])c1ccc(C=Cc2ccc(O)c(O)c2)cc1. The first-order valence-corrected chi connectivity index (χ1v) is 10.8. The Hall–Kier alpha value is -5.24. The van der Waals surface area contributed by atoms with Crippen molar-refractivity contribution in [2.24, 2.45) is 0 Å². The van der Waals surface area contributed by atoms with Gasteiger partial charge in [-0.2, -0.15) is 0 Å². The first-order valence-electron chi connectivity index (χ1n) is 10.8. The summed E-state index contributed by atoms with van der Waals surface area (Å²) in [5.74, 6) is -0.829. The highest BCUT2D eigenvalue weighted by Gasteiger charge is 2.15. The number of hydrogen-bond acceptors (Lipinski definition) is 6. The van der Waals surface area contributed by atoms with E-state index in [2.05, 4.69) is 0 Å². The van der Waals surface area contributed by atoms with Gasteiger partial charge in [-0.25, -0.2) is 0 Å². The van der Waals surface area contributed by atoms with Crippen molar-refractivity contribution in [3.8, 4) is 23.0 Å². The molecule has 0 radical (unpaired) electrons. The third-order valence-electron chi connectivity index (χ3n) is 5.33. The minimum absolute atomic E-state index is 0.153. The molecule has 0 bridgehead atoms. The molecular weight excluding hydrogens is 460 g/mol. The summed E-state index contributed by atoms with van der Waals surface area (Å²) in [6.07, 6.45) is 7.02. The minimum atomic E-state index is -0.216. The van der Waals surface area contributed by atoms with Crippen LogP contribution in [0.3, 0.4) is 0 Å². The van der Waals surface area contributed by atoms with Crippen molar-refractivity contribution in [1.82, 2.24) is 0 Å². The second-order valence-corrected chi connectivity index (χ2v) is 7.89. The highest BCUT2D eigenvalue weighted by atomic mass is 16.6. The lowest BCUT2D eigenvalue weighted by atomic mass is 10.1. The minimum Gasteiger partial charge on any atom is -0.561 e. The molecule has 0 aliphatic heterocycles. The average Bonchev–Trinajstić information content (AvgIpc) is 2.90. The van der Waals surface area contributed by atoms with Crippen molar-refractivity contribution in [2.75, 3.05) is 0 Å². The topological polar surface area (TPSA) is 133 Å². The summed E-state index contributed by atoms with van der Waals surface area (Å²) >= 11 is 0. The van der Waals surface area contributed by atoms with Crippen LogP contribution in [0.2, 0.25) is 0 Å². The molecular formula is C28H22N2O6. The molecule has 36 heavy (non-hydrogen) atoms. The van der Waals surface area contributed by atoms with Gasteiger partial charge in [0.05, 0.1) is 9.72 Å². The molecule has 4 aromatic rings. The van der Waals surface area contributed by atoms with Crippen LogP contribution in [0, 0.1) is 10.4 Å². The summed E-state index contributed by atoms with van der Waals surface area (Å²) < 4.78 is 0. The van der Waals surface area contributed by atoms with Crippen molar-refractivity contribution in [2.45, 2.75) is 0 Å². The van der Waals surface area contributed by atoms with Crippen molar-refractivity contribution in [1.29, 1.82) is 0 Å². The molecule has 8 heteroatoms. The summed E-state index contributed by atoms with van der Waals surface area (Å²) in [6.45, 7) is 0. The Morgan fingerprint density at radius 3 is 1.06 bits per heavy atom. The lowest BCUT2D eigenvalue weighted by molar-refractivity contribution is -0.896. The fraction of sp³-hybridized carbons (Fsp3) is 0. The van der Waals surface area contributed by atoms with Crippen molar-refractivity contribution >= 4 is 35.7 Å². The monoisotopic (exact) mass is 482 g/mol. The molecule has 4 N–H and O–H groups in total. The molecule has 0 aromatic heterocycles. The van der Waals surface area contributed by atoms with E-state index in [1.165, 1.54) is 48.5 Å². The Morgan fingerprint density at radius 2 is 0.722 bits per heavy atom. The zero-order chi connectivity index (χ0) is 25.7. The molecule has 0 fully saturated rings. The maximum atomic E-state index is 12.6. The highest BCUT2D eigenvalue weighted by molar-refractivity contribution is 5.72. The third-order valence-corrected chi connectivity index (χ3v) is 5.33. The van der Waals surface area contributed by atoms with E-state index >= 15 is 0 Å². The van der Waals surface area contributed by atoms with Crippen LogP contribution in [0.4, 0.5) is 11.4 Å². The van der Waals surface area contributed by atoms with E-state index in [4.69, 9.17) is 0 Å². The van der Waals surface area contributed by atoms with Gasteiger partial charge in [-0.3, -0.25) is 0 Å². The number of phenols is 4. The van der Waals surface area contributed by atoms with E-state index in [0.717, 1.165) is 11.1 Å². The zero-order valence-electron chi connectivity index (χ0n) is 18.9. The number of aromatic hydroxyl groups is 4. The van der Waals surface area contributed by atoms with Crippen LogP contribution < -0.4 is 0 Å². The van der Waals surface area contributed by atoms with Crippen LogP contribution in [0.5, 0.6) is 23.0 Å². The van der Waals surface area contributed by atoms with Crippen LogP contribution in [0.25, 0.3) is 24.3 Å². The van der Waals surface area contributed by atoms with Gasteiger partial charge in [0.2, 0.25) is 0 Å².